The molecule has 0 N–H and O–H groups in total. The third-order valence-corrected chi connectivity index (χ3v) is 3.27. The van der Waals surface area contributed by atoms with Crippen LogP contribution in [0.5, 0.6) is 0 Å². The van der Waals surface area contributed by atoms with Gasteiger partial charge in [-0.15, -0.1) is 0 Å². The summed E-state index contributed by atoms with van der Waals surface area (Å²) in [6, 6.07) is 9.92. The van der Waals surface area contributed by atoms with E-state index in [1.165, 1.54) is 0 Å². The fourth-order valence-corrected chi connectivity index (χ4v) is 1.94. The minimum absolute atomic E-state index is 0.228. The van der Waals surface area contributed by atoms with Crippen molar-refractivity contribution in [2.45, 2.75) is 59.8 Å². The zero-order valence-corrected chi connectivity index (χ0v) is 14.3. The number of ketones is 1. The number of rotatable bonds is 4. The molecule has 0 spiro atoms. The maximum absolute atomic E-state index is 12.3. The van der Waals surface area contributed by atoms with Gasteiger partial charge in [0.2, 0.25) is 0 Å². The van der Waals surface area contributed by atoms with Crippen LogP contribution in [0.15, 0.2) is 47.6 Å². The summed E-state index contributed by atoms with van der Waals surface area (Å²) in [6.07, 6.45) is 5.03. The number of carbonyl (C=O) groups is 1. The summed E-state index contributed by atoms with van der Waals surface area (Å²) >= 11 is 0. The Morgan fingerprint density at radius 2 is 1.67 bits per heavy atom. The molecule has 2 heteroatoms. The molecular weight excluding hydrogens is 258 g/mol. The topological polar surface area (TPSA) is 29.4 Å². The van der Waals surface area contributed by atoms with Gasteiger partial charge in [0, 0.05) is 30.2 Å². The van der Waals surface area contributed by atoms with Gasteiger partial charge >= 0.3 is 0 Å². The predicted molar refractivity (Wildman–Crippen MR) is 93.0 cm³/mol. The van der Waals surface area contributed by atoms with Gasteiger partial charge in [-0.1, -0.05) is 64.1 Å². The van der Waals surface area contributed by atoms with Gasteiger partial charge in [-0.05, 0) is 19.4 Å². The van der Waals surface area contributed by atoms with E-state index >= 15 is 0 Å². The molecule has 0 saturated heterocycles. The largest absolute Gasteiger partial charge is 0.298 e. The monoisotopic (exact) mass is 287 g/mol. The van der Waals surface area contributed by atoms with E-state index < -0.39 is 5.41 Å². The van der Waals surface area contributed by atoms with Crippen LogP contribution in [-0.2, 0) is 10.2 Å². The van der Waals surface area contributed by atoms with E-state index in [0.717, 1.165) is 17.7 Å². The SMILES string of the molecule is CC.CC.CC(C)(C(=O)CC1=NC=CC1)c1ccccc1. The van der Waals surface area contributed by atoms with Crippen LogP contribution in [0.25, 0.3) is 0 Å². The van der Waals surface area contributed by atoms with E-state index in [2.05, 4.69) is 4.99 Å². The van der Waals surface area contributed by atoms with Crippen LogP contribution in [0.2, 0.25) is 0 Å². The predicted octanol–water partition coefficient (Wildman–Crippen LogP) is 5.33. The molecule has 0 amide bonds. The molecule has 0 atom stereocenters. The zero-order chi connectivity index (χ0) is 16.3. The van der Waals surface area contributed by atoms with Gasteiger partial charge in [0.25, 0.3) is 0 Å². The molecule has 1 aliphatic rings. The molecule has 0 saturated carbocycles. The van der Waals surface area contributed by atoms with Crippen molar-refractivity contribution in [3.8, 4) is 0 Å². The summed E-state index contributed by atoms with van der Waals surface area (Å²) in [6.45, 7) is 12.0. The number of hydrogen-bond donors (Lipinski definition) is 0. The minimum atomic E-state index is -0.438. The average Bonchev–Trinajstić information content (AvgIpc) is 3.05. The van der Waals surface area contributed by atoms with Crippen molar-refractivity contribution < 1.29 is 4.79 Å². The first-order chi connectivity index (χ1) is 10.1. The van der Waals surface area contributed by atoms with Crippen LogP contribution in [-0.4, -0.2) is 11.5 Å². The highest BCUT2D eigenvalue weighted by molar-refractivity contribution is 6.07. The second kappa shape index (κ2) is 10.1. The van der Waals surface area contributed by atoms with E-state index in [-0.39, 0.29) is 5.78 Å². The van der Waals surface area contributed by atoms with E-state index in [9.17, 15) is 4.79 Å². The van der Waals surface area contributed by atoms with Crippen LogP contribution in [0, 0.1) is 0 Å². The number of hydrogen-bond acceptors (Lipinski definition) is 2. The molecule has 1 aromatic rings. The first-order valence-corrected chi connectivity index (χ1v) is 7.90. The van der Waals surface area contributed by atoms with Crippen molar-refractivity contribution in [2.24, 2.45) is 4.99 Å². The van der Waals surface area contributed by atoms with Crippen molar-refractivity contribution in [3.63, 3.8) is 0 Å². The second-order valence-electron chi connectivity index (χ2n) is 4.88. The maximum atomic E-state index is 12.3. The summed E-state index contributed by atoms with van der Waals surface area (Å²) < 4.78 is 0. The standard InChI is InChI=1S/C15H17NO.2C2H6/c1-15(2,12-7-4-3-5-8-12)14(17)11-13-9-6-10-16-13;2*1-2/h3-8,10H,9,11H2,1-2H3;2*1-2H3. The van der Waals surface area contributed by atoms with Crippen molar-refractivity contribution in [3.05, 3.63) is 48.2 Å². The minimum Gasteiger partial charge on any atom is -0.298 e. The Morgan fingerprint density at radius 3 is 2.14 bits per heavy atom. The zero-order valence-electron chi connectivity index (χ0n) is 14.3. The number of aliphatic imine (C=N–C) groups is 1. The van der Waals surface area contributed by atoms with Crippen molar-refractivity contribution in [2.75, 3.05) is 0 Å². The molecule has 0 aliphatic carbocycles. The Labute approximate surface area is 130 Å². The Bertz CT molecular complexity index is 470. The van der Waals surface area contributed by atoms with Crippen LogP contribution in [0.3, 0.4) is 0 Å². The molecular formula is C19H29NO. The lowest BCUT2D eigenvalue weighted by Crippen LogP contribution is -2.30. The highest BCUT2D eigenvalue weighted by Crippen LogP contribution is 2.26. The molecule has 21 heavy (non-hydrogen) atoms. The van der Waals surface area contributed by atoms with Gasteiger partial charge in [-0.25, -0.2) is 0 Å². The van der Waals surface area contributed by atoms with Crippen LogP contribution >= 0.6 is 0 Å². The van der Waals surface area contributed by atoms with Crippen molar-refractivity contribution >= 4 is 11.5 Å². The molecule has 0 radical (unpaired) electrons. The van der Waals surface area contributed by atoms with Gasteiger partial charge in [0.05, 0.1) is 0 Å². The first-order valence-electron chi connectivity index (χ1n) is 7.90. The Kier molecular flexibility index (Phi) is 9.27. The summed E-state index contributed by atoms with van der Waals surface area (Å²) in [5.41, 5.74) is 1.60. The van der Waals surface area contributed by atoms with Gasteiger partial charge in [0.15, 0.2) is 0 Å². The Balaban J connectivity index is 0.000000921. The van der Waals surface area contributed by atoms with Crippen LogP contribution in [0.1, 0.15) is 59.9 Å². The highest BCUT2D eigenvalue weighted by Gasteiger charge is 2.29. The highest BCUT2D eigenvalue weighted by atomic mass is 16.1. The van der Waals surface area contributed by atoms with E-state index in [1.54, 1.807) is 6.20 Å². The van der Waals surface area contributed by atoms with Crippen LogP contribution in [0.4, 0.5) is 0 Å². The van der Waals surface area contributed by atoms with Crippen LogP contribution < -0.4 is 0 Å². The number of benzene rings is 1. The number of nitrogens with zero attached hydrogens (tertiary/aromatic N) is 1. The van der Waals surface area contributed by atoms with Crippen molar-refractivity contribution in [1.82, 2.24) is 0 Å². The normalized spacial score (nSPS) is 12.6. The summed E-state index contributed by atoms with van der Waals surface area (Å²) in [5, 5.41) is 0. The first kappa shape index (κ1) is 19.3. The molecule has 116 valence electrons. The maximum Gasteiger partial charge on any atom is 0.148 e. The summed E-state index contributed by atoms with van der Waals surface area (Å²) in [4.78, 5) is 16.5. The van der Waals surface area contributed by atoms with Gasteiger partial charge in [-0.2, -0.15) is 0 Å². The quantitative estimate of drug-likeness (QED) is 0.735. The molecule has 0 bridgehead atoms. The molecule has 1 heterocycles. The molecule has 2 nitrogen and oxygen atoms in total. The summed E-state index contributed by atoms with van der Waals surface area (Å²) in [5.74, 6) is 0.228. The lowest BCUT2D eigenvalue weighted by molar-refractivity contribution is -0.122. The lowest BCUT2D eigenvalue weighted by atomic mass is 9.78. The van der Waals surface area contributed by atoms with Gasteiger partial charge in [0.1, 0.15) is 5.78 Å². The van der Waals surface area contributed by atoms with Crippen molar-refractivity contribution in [1.29, 1.82) is 0 Å². The third-order valence-electron chi connectivity index (χ3n) is 3.27. The fraction of sp³-hybridized carbons (Fsp3) is 0.474. The molecule has 0 unspecified atom stereocenters. The molecule has 2 rings (SSSR count). The number of Topliss-reactive ketones (excluding diaryl/α,β-unsaturated/α-hetero) is 1. The Hall–Kier alpha value is -1.70. The van der Waals surface area contributed by atoms with E-state index in [0.29, 0.717) is 6.42 Å². The molecule has 0 aromatic heterocycles. The van der Waals surface area contributed by atoms with Gasteiger partial charge in [-0.3, -0.25) is 9.79 Å². The number of carbonyl (C=O) groups excluding carboxylic acids is 1. The smallest absolute Gasteiger partial charge is 0.148 e. The third kappa shape index (κ3) is 5.66. The second-order valence-corrected chi connectivity index (χ2v) is 4.88. The van der Waals surface area contributed by atoms with E-state index in [4.69, 9.17) is 0 Å². The lowest BCUT2D eigenvalue weighted by Gasteiger charge is -2.23. The number of allylic oxidation sites excluding steroid dienone is 1. The van der Waals surface area contributed by atoms with Gasteiger partial charge < -0.3 is 0 Å². The molecule has 1 aliphatic heterocycles. The molecule has 1 aromatic carbocycles. The Morgan fingerprint density at radius 1 is 1.10 bits per heavy atom. The van der Waals surface area contributed by atoms with E-state index in [1.807, 2.05) is 78.0 Å². The summed E-state index contributed by atoms with van der Waals surface area (Å²) in [7, 11) is 0. The fourth-order valence-electron chi connectivity index (χ4n) is 1.94. The molecule has 0 fully saturated rings. The average molecular weight is 287 g/mol.